The molecule has 0 aromatic carbocycles. The fourth-order valence-corrected chi connectivity index (χ4v) is 1.89. The van der Waals surface area contributed by atoms with Gasteiger partial charge in [-0.05, 0) is 24.8 Å². The number of aromatic carboxylic acids is 1. The van der Waals surface area contributed by atoms with E-state index in [-0.39, 0.29) is 11.0 Å². The molecule has 14 heavy (non-hydrogen) atoms. The van der Waals surface area contributed by atoms with Gasteiger partial charge in [0.2, 0.25) is 0 Å². The second-order valence-electron chi connectivity index (χ2n) is 3.14. The number of rotatable bonds is 5. The molecule has 1 atom stereocenters. The Kier molecular flexibility index (Phi) is 3.95. The molecule has 0 saturated heterocycles. The predicted molar refractivity (Wildman–Crippen MR) is 56.3 cm³/mol. The minimum atomic E-state index is -0.918. The van der Waals surface area contributed by atoms with Crippen molar-refractivity contribution in [3.05, 3.63) is 16.3 Å². The Bertz CT molecular complexity index is 306. The fraction of sp³-hybridized carbons (Fsp3) is 0.500. The van der Waals surface area contributed by atoms with Gasteiger partial charge < -0.3 is 9.84 Å². The van der Waals surface area contributed by atoms with E-state index in [1.54, 1.807) is 11.4 Å². The maximum Gasteiger partial charge on any atom is 0.349 e. The Morgan fingerprint density at radius 1 is 1.71 bits per heavy atom. The van der Waals surface area contributed by atoms with Crippen molar-refractivity contribution in [1.82, 2.24) is 0 Å². The molecule has 0 radical (unpaired) electrons. The maximum atomic E-state index is 10.8. The van der Waals surface area contributed by atoms with E-state index >= 15 is 0 Å². The van der Waals surface area contributed by atoms with Crippen LogP contribution in [0, 0.1) is 0 Å². The largest absolute Gasteiger partial charge is 0.489 e. The van der Waals surface area contributed by atoms with Gasteiger partial charge in [0.1, 0.15) is 5.75 Å². The Balaban J connectivity index is 2.66. The van der Waals surface area contributed by atoms with Crippen LogP contribution in [-0.2, 0) is 0 Å². The van der Waals surface area contributed by atoms with Gasteiger partial charge in [-0.1, -0.05) is 13.3 Å². The van der Waals surface area contributed by atoms with E-state index in [0.717, 1.165) is 12.8 Å². The van der Waals surface area contributed by atoms with Crippen LogP contribution in [0.5, 0.6) is 5.75 Å². The molecule has 1 unspecified atom stereocenters. The van der Waals surface area contributed by atoms with Crippen LogP contribution in [0.25, 0.3) is 0 Å². The molecule has 0 saturated carbocycles. The smallest absolute Gasteiger partial charge is 0.349 e. The molecular formula is C10H14O3S. The molecular weight excluding hydrogens is 200 g/mol. The first-order chi connectivity index (χ1) is 6.65. The van der Waals surface area contributed by atoms with Gasteiger partial charge in [0.25, 0.3) is 0 Å². The normalized spacial score (nSPS) is 12.4. The Morgan fingerprint density at radius 3 is 3.00 bits per heavy atom. The molecule has 0 amide bonds. The number of hydrogen-bond donors (Lipinski definition) is 1. The van der Waals surface area contributed by atoms with Crippen molar-refractivity contribution in [3.63, 3.8) is 0 Å². The van der Waals surface area contributed by atoms with Crippen molar-refractivity contribution >= 4 is 17.3 Å². The van der Waals surface area contributed by atoms with E-state index < -0.39 is 5.97 Å². The molecule has 1 aromatic heterocycles. The summed E-state index contributed by atoms with van der Waals surface area (Å²) >= 11 is 1.19. The van der Waals surface area contributed by atoms with Crippen molar-refractivity contribution in [2.45, 2.75) is 32.8 Å². The van der Waals surface area contributed by atoms with Gasteiger partial charge in [0.15, 0.2) is 4.88 Å². The summed E-state index contributed by atoms with van der Waals surface area (Å²) in [6, 6.07) is 1.71. The summed E-state index contributed by atoms with van der Waals surface area (Å²) in [4.78, 5) is 11.0. The monoisotopic (exact) mass is 214 g/mol. The zero-order valence-electron chi connectivity index (χ0n) is 8.32. The lowest BCUT2D eigenvalue weighted by Gasteiger charge is -2.12. The summed E-state index contributed by atoms with van der Waals surface area (Å²) in [6.45, 7) is 4.03. The van der Waals surface area contributed by atoms with Crippen LogP contribution in [0.1, 0.15) is 36.4 Å². The topological polar surface area (TPSA) is 46.5 Å². The third-order valence-electron chi connectivity index (χ3n) is 1.85. The lowest BCUT2D eigenvalue weighted by atomic mass is 10.2. The summed E-state index contributed by atoms with van der Waals surface area (Å²) in [5.74, 6) is -0.429. The van der Waals surface area contributed by atoms with Crippen LogP contribution in [-0.4, -0.2) is 17.2 Å². The van der Waals surface area contributed by atoms with E-state index in [9.17, 15) is 4.79 Å². The third-order valence-corrected chi connectivity index (χ3v) is 2.73. The molecule has 0 spiro atoms. The van der Waals surface area contributed by atoms with E-state index in [1.807, 2.05) is 6.92 Å². The van der Waals surface area contributed by atoms with Gasteiger partial charge in [-0.25, -0.2) is 4.79 Å². The van der Waals surface area contributed by atoms with E-state index in [1.165, 1.54) is 11.3 Å². The first kappa shape index (κ1) is 11.0. The van der Waals surface area contributed by atoms with Crippen molar-refractivity contribution in [3.8, 4) is 5.75 Å². The Hall–Kier alpha value is -1.03. The van der Waals surface area contributed by atoms with Crippen molar-refractivity contribution in [2.24, 2.45) is 0 Å². The first-order valence-corrected chi connectivity index (χ1v) is 5.50. The minimum absolute atomic E-state index is 0.0766. The van der Waals surface area contributed by atoms with Crippen LogP contribution < -0.4 is 4.74 Å². The highest BCUT2D eigenvalue weighted by molar-refractivity contribution is 7.12. The Morgan fingerprint density at radius 2 is 2.43 bits per heavy atom. The molecule has 0 aliphatic carbocycles. The quantitative estimate of drug-likeness (QED) is 0.819. The highest BCUT2D eigenvalue weighted by atomic mass is 32.1. The summed E-state index contributed by atoms with van der Waals surface area (Å²) in [5.41, 5.74) is 0. The van der Waals surface area contributed by atoms with Gasteiger partial charge in [0, 0.05) is 0 Å². The molecule has 78 valence electrons. The standard InChI is InChI=1S/C10H14O3S/c1-3-4-7(2)13-8-5-6-14-9(8)10(11)12/h5-7H,3-4H2,1-2H3,(H,11,12). The molecule has 1 rings (SSSR count). The molecule has 1 N–H and O–H groups in total. The molecule has 4 heteroatoms. The SMILES string of the molecule is CCCC(C)Oc1ccsc1C(=O)O. The number of carboxylic acid groups (broad SMARTS) is 1. The number of hydrogen-bond acceptors (Lipinski definition) is 3. The minimum Gasteiger partial charge on any atom is -0.489 e. The van der Waals surface area contributed by atoms with Gasteiger partial charge in [-0.3, -0.25) is 0 Å². The van der Waals surface area contributed by atoms with Crippen LogP contribution in [0.2, 0.25) is 0 Å². The van der Waals surface area contributed by atoms with Gasteiger partial charge in [0.05, 0.1) is 6.10 Å². The summed E-state index contributed by atoms with van der Waals surface area (Å²) in [6.07, 6.45) is 2.05. The number of carboxylic acids is 1. The van der Waals surface area contributed by atoms with Crippen LogP contribution in [0.15, 0.2) is 11.4 Å². The van der Waals surface area contributed by atoms with Gasteiger partial charge in [-0.2, -0.15) is 0 Å². The van der Waals surface area contributed by atoms with Crippen LogP contribution in [0.4, 0.5) is 0 Å². The van der Waals surface area contributed by atoms with Crippen molar-refractivity contribution in [2.75, 3.05) is 0 Å². The number of thiophene rings is 1. The molecule has 1 heterocycles. The number of carbonyl (C=O) groups is 1. The molecule has 0 bridgehead atoms. The van der Waals surface area contributed by atoms with Gasteiger partial charge >= 0.3 is 5.97 Å². The molecule has 1 aromatic rings. The first-order valence-electron chi connectivity index (χ1n) is 4.62. The molecule has 0 aliphatic heterocycles. The van der Waals surface area contributed by atoms with Crippen LogP contribution in [0.3, 0.4) is 0 Å². The van der Waals surface area contributed by atoms with Gasteiger partial charge in [-0.15, -0.1) is 11.3 Å². The fourth-order valence-electron chi connectivity index (χ4n) is 1.23. The molecule has 0 aliphatic rings. The van der Waals surface area contributed by atoms with E-state index in [0.29, 0.717) is 5.75 Å². The summed E-state index contributed by atoms with van der Waals surface area (Å²) in [5, 5.41) is 10.6. The highest BCUT2D eigenvalue weighted by Gasteiger charge is 2.14. The summed E-state index contributed by atoms with van der Waals surface area (Å²) < 4.78 is 5.52. The second kappa shape index (κ2) is 5.00. The number of ether oxygens (including phenoxy) is 1. The predicted octanol–water partition coefficient (Wildman–Crippen LogP) is 3.01. The van der Waals surface area contributed by atoms with Crippen molar-refractivity contribution < 1.29 is 14.6 Å². The molecule has 0 fully saturated rings. The average Bonchev–Trinajstić information content (AvgIpc) is 2.52. The van der Waals surface area contributed by atoms with Crippen LogP contribution >= 0.6 is 11.3 Å². The molecule has 3 nitrogen and oxygen atoms in total. The zero-order valence-corrected chi connectivity index (χ0v) is 9.13. The maximum absolute atomic E-state index is 10.8. The second-order valence-corrected chi connectivity index (χ2v) is 4.05. The van der Waals surface area contributed by atoms with Crippen molar-refractivity contribution in [1.29, 1.82) is 0 Å². The van der Waals surface area contributed by atoms with E-state index in [2.05, 4.69) is 6.92 Å². The average molecular weight is 214 g/mol. The lowest BCUT2D eigenvalue weighted by Crippen LogP contribution is -2.12. The lowest BCUT2D eigenvalue weighted by molar-refractivity contribution is 0.0695. The summed E-state index contributed by atoms with van der Waals surface area (Å²) in [7, 11) is 0. The highest BCUT2D eigenvalue weighted by Crippen LogP contribution is 2.26. The zero-order chi connectivity index (χ0) is 10.6. The Labute approximate surface area is 87.3 Å². The third kappa shape index (κ3) is 2.73. The van der Waals surface area contributed by atoms with E-state index in [4.69, 9.17) is 9.84 Å².